The summed E-state index contributed by atoms with van der Waals surface area (Å²) in [5.41, 5.74) is 3.11. The lowest BCUT2D eigenvalue weighted by Gasteiger charge is -2.07. The molecule has 2 aromatic carbocycles. The predicted octanol–water partition coefficient (Wildman–Crippen LogP) is 4.68. The Morgan fingerprint density at radius 1 is 0.955 bits per heavy atom. The molecule has 3 aromatic rings. The molecule has 0 atom stereocenters. The maximum atomic E-state index is 13.0. The van der Waals surface area contributed by atoms with E-state index in [9.17, 15) is 9.65 Å². The van der Waals surface area contributed by atoms with Crippen LogP contribution in [0.5, 0.6) is 0 Å². The van der Waals surface area contributed by atoms with Crippen molar-refractivity contribution in [3.8, 4) is 11.8 Å². The predicted molar refractivity (Wildman–Crippen MR) is 85.7 cm³/mol. The van der Waals surface area contributed by atoms with Crippen molar-refractivity contribution in [2.45, 2.75) is 0 Å². The Kier molecular flexibility index (Phi) is 3.84. The van der Waals surface area contributed by atoms with Crippen LogP contribution in [-0.2, 0) is 0 Å². The number of nitrogens with zero attached hydrogens (tertiary/aromatic N) is 2. The molecule has 0 fully saturated rings. The van der Waals surface area contributed by atoms with Crippen molar-refractivity contribution in [3.05, 3.63) is 90.0 Å². The van der Waals surface area contributed by atoms with E-state index in [2.05, 4.69) is 6.07 Å². The number of para-hydroxylation sites is 1. The highest BCUT2D eigenvalue weighted by Crippen LogP contribution is 2.20. The number of halogens is 1. The van der Waals surface area contributed by atoms with Crippen LogP contribution < -0.4 is 0 Å². The largest absolute Gasteiger partial charge is 0.317 e. The Bertz CT molecular complexity index is 837. The molecule has 1 heterocycles. The Morgan fingerprint density at radius 2 is 1.68 bits per heavy atom. The second kappa shape index (κ2) is 6.11. The molecule has 0 N–H and O–H groups in total. The molecular formula is C19H13FN2. The molecule has 106 valence electrons. The summed E-state index contributed by atoms with van der Waals surface area (Å²) in [5, 5.41) is 9.39. The van der Waals surface area contributed by atoms with E-state index in [1.165, 1.54) is 12.1 Å². The summed E-state index contributed by atoms with van der Waals surface area (Å²) >= 11 is 0. The monoisotopic (exact) mass is 288 g/mol. The van der Waals surface area contributed by atoms with Gasteiger partial charge in [-0.3, -0.25) is 0 Å². The zero-order valence-electron chi connectivity index (χ0n) is 11.8. The van der Waals surface area contributed by atoms with Crippen molar-refractivity contribution in [2.75, 3.05) is 0 Å². The van der Waals surface area contributed by atoms with Crippen molar-refractivity contribution in [1.29, 1.82) is 5.26 Å². The molecule has 0 spiro atoms. The molecule has 1 aromatic heterocycles. The van der Waals surface area contributed by atoms with Crippen LogP contribution in [0.25, 0.3) is 17.3 Å². The Balaban J connectivity index is 2.03. The summed E-state index contributed by atoms with van der Waals surface area (Å²) in [6.45, 7) is 0. The molecule has 0 bridgehead atoms. The van der Waals surface area contributed by atoms with E-state index in [4.69, 9.17) is 0 Å². The van der Waals surface area contributed by atoms with Gasteiger partial charge in [0.1, 0.15) is 5.82 Å². The van der Waals surface area contributed by atoms with Gasteiger partial charge in [0.2, 0.25) is 0 Å². The van der Waals surface area contributed by atoms with Gasteiger partial charge in [0, 0.05) is 17.6 Å². The molecule has 0 unspecified atom stereocenters. The minimum Gasteiger partial charge on any atom is -0.317 e. The molecule has 2 nitrogen and oxygen atoms in total. The van der Waals surface area contributed by atoms with Crippen LogP contribution in [0.3, 0.4) is 0 Å². The lowest BCUT2D eigenvalue weighted by molar-refractivity contribution is 0.627. The van der Waals surface area contributed by atoms with E-state index >= 15 is 0 Å². The van der Waals surface area contributed by atoms with Crippen molar-refractivity contribution < 1.29 is 4.39 Å². The van der Waals surface area contributed by atoms with Crippen molar-refractivity contribution in [3.63, 3.8) is 0 Å². The highest BCUT2D eigenvalue weighted by Gasteiger charge is 2.05. The van der Waals surface area contributed by atoms with Gasteiger partial charge in [-0.15, -0.1) is 0 Å². The van der Waals surface area contributed by atoms with Gasteiger partial charge in [-0.2, -0.15) is 5.26 Å². The average molecular weight is 288 g/mol. The number of rotatable bonds is 3. The lowest BCUT2D eigenvalue weighted by atomic mass is 10.1. The molecule has 0 saturated carbocycles. The maximum absolute atomic E-state index is 13.0. The molecule has 3 rings (SSSR count). The second-order valence-corrected chi connectivity index (χ2v) is 4.82. The number of nitriles is 1. The van der Waals surface area contributed by atoms with Gasteiger partial charge >= 0.3 is 0 Å². The normalized spacial score (nSPS) is 11.2. The molecule has 3 heteroatoms. The van der Waals surface area contributed by atoms with E-state index in [-0.39, 0.29) is 5.82 Å². The van der Waals surface area contributed by atoms with Crippen LogP contribution in [0.2, 0.25) is 0 Å². The van der Waals surface area contributed by atoms with E-state index in [1.807, 2.05) is 53.2 Å². The van der Waals surface area contributed by atoms with Crippen LogP contribution in [-0.4, -0.2) is 4.57 Å². The number of allylic oxidation sites excluding steroid dienone is 1. The zero-order valence-corrected chi connectivity index (χ0v) is 11.8. The third-order valence-electron chi connectivity index (χ3n) is 3.38. The lowest BCUT2D eigenvalue weighted by Crippen LogP contribution is -1.94. The van der Waals surface area contributed by atoms with Crippen molar-refractivity contribution in [1.82, 2.24) is 4.57 Å². The Morgan fingerprint density at radius 3 is 2.36 bits per heavy atom. The highest BCUT2D eigenvalue weighted by molar-refractivity contribution is 5.89. The zero-order chi connectivity index (χ0) is 15.4. The van der Waals surface area contributed by atoms with Crippen molar-refractivity contribution >= 4 is 11.6 Å². The summed E-state index contributed by atoms with van der Waals surface area (Å²) in [6, 6.07) is 21.9. The number of hydrogen-bond acceptors (Lipinski definition) is 1. The van der Waals surface area contributed by atoms with Gasteiger partial charge in [0.25, 0.3) is 0 Å². The summed E-state index contributed by atoms with van der Waals surface area (Å²) in [7, 11) is 0. The van der Waals surface area contributed by atoms with Crippen molar-refractivity contribution in [2.24, 2.45) is 0 Å². The minimum absolute atomic E-state index is 0.311. The summed E-state index contributed by atoms with van der Waals surface area (Å²) < 4.78 is 15.0. The third-order valence-corrected chi connectivity index (χ3v) is 3.38. The fourth-order valence-corrected chi connectivity index (χ4v) is 2.29. The van der Waals surface area contributed by atoms with Gasteiger partial charge in [-0.1, -0.05) is 30.3 Å². The smallest absolute Gasteiger partial charge is 0.123 e. The molecule has 0 aliphatic carbocycles. The first-order valence-corrected chi connectivity index (χ1v) is 6.88. The van der Waals surface area contributed by atoms with Crippen LogP contribution in [0.15, 0.2) is 72.9 Å². The van der Waals surface area contributed by atoms with Gasteiger partial charge < -0.3 is 4.57 Å². The highest BCUT2D eigenvalue weighted by atomic mass is 19.1. The fourth-order valence-electron chi connectivity index (χ4n) is 2.29. The van der Waals surface area contributed by atoms with Gasteiger partial charge in [0.05, 0.1) is 11.6 Å². The number of aromatic nitrogens is 1. The van der Waals surface area contributed by atoms with Crippen LogP contribution in [0.4, 0.5) is 4.39 Å². The molecule has 0 aliphatic heterocycles. The first-order valence-electron chi connectivity index (χ1n) is 6.88. The molecule has 0 amide bonds. The summed E-state index contributed by atoms with van der Waals surface area (Å²) in [5.74, 6) is -0.311. The van der Waals surface area contributed by atoms with Crippen LogP contribution in [0, 0.1) is 17.1 Å². The average Bonchev–Trinajstić information content (AvgIpc) is 3.02. The molecule has 0 radical (unpaired) electrons. The summed E-state index contributed by atoms with van der Waals surface area (Å²) in [4.78, 5) is 0. The second-order valence-electron chi connectivity index (χ2n) is 4.82. The SMILES string of the molecule is N#C/C(=C/c1cccn1-c1ccccc1)c1ccc(F)cc1. The van der Waals surface area contributed by atoms with Gasteiger partial charge in [0.15, 0.2) is 0 Å². The Labute approximate surface area is 128 Å². The van der Waals surface area contributed by atoms with Gasteiger partial charge in [-0.05, 0) is 48.0 Å². The van der Waals surface area contributed by atoms with Crippen LogP contribution >= 0.6 is 0 Å². The first kappa shape index (κ1) is 13.8. The molecule has 22 heavy (non-hydrogen) atoms. The first-order chi connectivity index (χ1) is 10.8. The molecule has 0 aliphatic rings. The third kappa shape index (κ3) is 2.82. The van der Waals surface area contributed by atoms with Gasteiger partial charge in [-0.25, -0.2) is 4.39 Å². The number of hydrogen-bond donors (Lipinski definition) is 0. The topological polar surface area (TPSA) is 28.7 Å². The molecule has 0 saturated heterocycles. The Hall–Kier alpha value is -3.12. The van der Waals surface area contributed by atoms with E-state index < -0.39 is 0 Å². The van der Waals surface area contributed by atoms with E-state index in [0.29, 0.717) is 11.1 Å². The quantitative estimate of drug-likeness (QED) is 0.643. The standard InChI is InChI=1S/C19H13FN2/c20-17-10-8-15(9-11-17)16(14-21)13-19-7-4-12-22(19)18-5-2-1-3-6-18/h1-13H/b16-13-. The molecular weight excluding hydrogens is 275 g/mol. The summed E-state index contributed by atoms with van der Waals surface area (Å²) in [6.07, 6.45) is 3.75. The van der Waals surface area contributed by atoms with Crippen LogP contribution in [0.1, 0.15) is 11.3 Å². The van der Waals surface area contributed by atoms with E-state index in [1.54, 1.807) is 18.2 Å². The fraction of sp³-hybridized carbons (Fsp3) is 0. The minimum atomic E-state index is -0.311. The van der Waals surface area contributed by atoms with E-state index in [0.717, 1.165) is 11.4 Å². The number of benzene rings is 2. The maximum Gasteiger partial charge on any atom is 0.123 e.